The maximum Gasteiger partial charge on any atom is 0.260 e. The highest BCUT2D eigenvalue weighted by Crippen LogP contribution is 2.39. The Labute approximate surface area is 145 Å². The third kappa shape index (κ3) is 3.68. The number of rotatable bonds is 6. The Morgan fingerprint density at radius 3 is 2.68 bits per heavy atom. The first kappa shape index (κ1) is 17.8. The van der Waals surface area contributed by atoms with Gasteiger partial charge in [0.2, 0.25) is 0 Å². The molecule has 25 heavy (non-hydrogen) atoms. The normalized spacial score (nSPS) is 21.6. The molecule has 1 heterocycles. The molecule has 1 saturated carbocycles. The van der Waals surface area contributed by atoms with Crippen molar-refractivity contribution in [1.29, 1.82) is 0 Å². The van der Waals surface area contributed by atoms with Crippen molar-refractivity contribution in [1.82, 2.24) is 14.3 Å². The minimum atomic E-state index is -3.87. The Bertz CT molecular complexity index is 862. The lowest BCUT2D eigenvalue weighted by Gasteiger charge is -2.38. The van der Waals surface area contributed by atoms with Crippen molar-refractivity contribution in [3.8, 4) is 5.75 Å². The number of ether oxygens (including phenoxy) is 1. The molecule has 0 amide bonds. The molecule has 1 fully saturated rings. The lowest BCUT2D eigenvalue weighted by atomic mass is 9.75. The van der Waals surface area contributed by atoms with Crippen LogP contribution in [-0.4, -0.2) is 36.3 Å². The summed E-state index contributed by atoms with van der Waals surface area (Å²) in [5.41, 5.74) is 0.481. The maximum absolute atomic E-state index is 14.1. The summed E-state index contributed by atoms with van der Waals surface area (Å²) in [5.74, 6) is -0.605. The Morgan fingerprint density at radius 1 is 1.44 bits per heavy atom. The highest BCUT2D eigenvalue weighted by atomic mass is 32.2. The van der Waals surface area contributed by atoms with Gasteiger partial charge < -0.3 is 14.4 Å². The summed E-state index contributed by atoms with van der Waals surface area (Å²) < 4.78 is 48.3. The number of nitrogens with zero attached hydrogens (tertiary/aromatic N) is 2. The van der Waals surface area contributed by atoms with Crippen molar-refractivity contribution >= 4 is 10.0 Å². The summed E-state index contributed by atoms with van der Waals surface area (Å²) in [5, 5.41) is 9.48. The van der Waals surface area contributed by atoms with Gasteiger partial charge in [0, 0.05) is 13.2 Å². The van der Waals surface area contributed by atoms with E-state index in [-0.39, 0.29) is 16.7 Å². The van der Waals surface area contributed by atoms with E-state index in [0.717, 1.165) is 0 Å². The zero-order valence-corrected chi connectivity index (χ0v) is 14.7. The predicted octanol–water partition coefficient (Wildman–Crippen LogP) is 1.36. The monoisotopic (exact) mass is 369 g/mol. The molecule has 0 spiro atoms. The van der Waals surface area contributed by atoms with Gasteiger partial charge >= 0.3 is 0 Å². The molecule has 2 aromatic rings. The minimum absolute atomic E-state index is 0.0868. The van der Waals surface area contributed by atoms with Crippen LogP contribution in [0.5, 0.6) is 5.75 Å². The molecule has 1 aliphatic carbocycles. The summed E-state index contributed by atoms with van der Waals surface area (Å²) in [6.45, 7) is 0. The van der Waals surface area contributed by atoms with Crippen LogP contribution in [0.1, 0.15) is 24.4 Å². The molecule has 1 aromatic heterocycles. The van der Waals surface area contributed by atoms with Crippen LogP contribution in [0.2, 0.25) is 0 Å². The molecule has 136 valence electrons. The standard InChI is InChI=1S/C16H20FN3O4S/c1-20-8-15(18-9-20)25(22,23)19-16(11-5-12(21)6-11)10-3-4-14(24-2)13(17)7-10/h3-4,7-9,11-12,16,19,21H,5-6H2,1-2H3. The number of methoxy groups -OCH3 is 1. The average molecular weight is 369 g/mol. The fourth-order valence-corrected chi connectivity index (χ4v) is 4.24. The number of aliphatic hydroxyl groups excluding tert-OH is 1. The van der Waals surface area contributed by atoms with E-state index in [2.05, 4.69) is 9.71 Å². The van der Waals surface area contributed by atoms with E-state index < -0.39 is 28.0 Å². The number of hydrogen-bond donors (Lipinski definition) is 2. The first-order chi connectivity index (χ1) is 11.8. The Kier molecular flexibility index (Phi) is 4.81. The molecule has 0 bridgehead atoms. The molecule has 1 aliphatic rings. The van der Waals surface area contributed by atoms with Crippen molar-refractivity contribution in [2.45, 2.75) is 30.0 Å². The molecule has 2 N–H and O–H groups in total. The van der Waals surface area contributed by atoms with E-state index in [4.69, 9.17) is 4.74 Å². The van der Waals surface area contributed by atoms with Crippen LogP contribution >= 0.6 is 0 Å². The SMILES string of the molecule is COc1ccc(C(NS(=O)(=O)c2cn(C)cn2)C2CC(O)C2)cc1F. The number of nitrogens with one attached hydrogen (secondary N) is 1. The highest BCUT2D eigenvalue weighted by Gasteiger charge is 2.37. The lowest BCUT2D eigenvalue weighted by molar-refractivity contribution is 0.0279. The van der Waals surface area contributed by atoms with Gasteiger partial charge in [-0.3, -0.25) is 0 Å². The van der Waals surface area contributed by atoms with Crippen molar-refractivity contribution in [2.75, 3.05) is 7.11 Å². The smallest absolute Gasteiger partial charge is 0.260 e. The molecule has 3 rings (SSSR count). The van der Waals surface area contributed by atoms with Crippen molar-refractivity contribution < 1.29 is 22.7 Å². The van der Waals surface area contributed by atoms with Crippen molar-refractivity contribution in [3.63, 3.8) is 0 Å². The third-order valence-corrected chi connectivity index (χ3v) is 5.72. The van der Waals surface area contributed by atoms with Crippen LogP contribution < -0.4 is 9.46 Å². The van der Waals surface area contributed by atoms with Crippen molar-refractivity contribution in [2.24, 2.45) is 13.0 Å². The number of aromatic nitrogens is 2. The van der Waals surface area contributed by atoms with Gasteiger partial charge in [-0.15, -0.1) is 0 Å². The predicted molar refractivity (Wildman–Crippen MR) is 88.0 cm³/mol. The molecule has 1 atom stereocenters. The fourth-order valence-electron chi connectivity index (χ4n) is 2.97. The number of benzene rings is 1. The first-order valence-electron chi connectivity index (χ1n) is 7.82. The van der Waals surface area contributed by atoms with Gasteiger partial charge in [0.05, 0.1) is 25.6 Å². The van der Waals surface area contributed by atoms with E-state index in [1.54, 1.807) is 13.1 Å². The van der Waals surface area contributed by atoms with E-state index in [0.29, 0.717) is 18.4 Å². The fraction of sp³-hybridized carbons (Fsp3) is 0.438. The van der Waals surface area contributed by atoms with Crippen LogP contribution in [0, 0.1) is 11.7 Å². The van der Waals surface area contributed by atoms with Gasteiger partial charge in [-0.1, -0.05) is 6.07 Å². The average Bonchev–Trinajstić information content (AvgIpc) is 2.97. The van der Waals surface area contributed by atoms with Crippen LogP contribution in [0.25, 0.3) is 0 Å². The van der Waals surface area contributed by atoms with E-state index in [9.17, 15) is 17.9 Å². The second-order valence-corrected chi connectivity index (χ2v) is 7.92. The molecule has 0 aliphatic heterocycles. The molecule has 7 nitrogen and oxygen atoms in total. The number of sulfonamides is 1. The lowest BCUT2D eigenvalue weighted by Crippen LogP contribution is -2.41. The zero-order valence-electron chi connectivity index (χ0n) is 13.9. The van der Waals surface area contributed by atoms with E-state index in [1.807, 2.05) is 0 Å². The van der Waals surface area contributed by atoms with E-state index in [1.165, 1.54) is 36.3 Å². The van der Waals surface area contributed by atoms with Gasteiger partial charge in [-0.2, -0.15) is 0 Å². The molecular formula is C16H20FN3O4S. The van der Waals surface area contributed by atoms with Crippen molar-refractivity contribution in [3.05, 3.63) is 42.1 Å². The van der Waals surface area contributed by atoms with Gasteiger partial charge in [-0.25, -0.2) is 22.5 Å². The van der Waals surface area contributed by atoms with Gasteiger partial charge in [0.1, 0.15) is 0 Å². The number of aliphatic hydroxyl groups is 1. The number of hydrogen-bond acceptors (Lipinski definition) is 5. The summed E-state index contributed by atoms with van der Waals surface area (Å²) in [6, 6.07) is 3.69. The van der Waals surface area contributed by atoms with Crippen LogP contribution in [0.4, 0.5) is 4.39 Å². The summed E-state index contributed by atoms with van der Waals surface area (Å²) >= 11 is 0. The third-order valence-electron chi connectivity index (χ3n) is 4.39. The number of imidazole rings is 1. The van der Waals surface area contributed by atoms with E-state index >= 15 is 0 Å². The second-order valence-electron chi connectivity index (χ2n) is 6.26. The van der Waals surface area contributed by atoms with Gasteiger partial charge in [0.25, 0.3) is 10.0 Å². The number of aryl methyl sites for hydroxylation is 1. The topological polar surface area (TPSA) is 93.5 Å². The molecule has 1 aromatic carbocycles. The maximum atomic E-state index is 14.1. The molecular weight excluding hydrogens is 349 g/mol. The minimum Gasteiger partial charge on any atom is -0.494 e. The summed E-state index contributed by atoms with van der Waals surface area (Å²) in [6.07, 6.45) is 3.22. The Hall–Kier alpha value is -1.97. The summed E-state index contributed by atoms with van der Waals surface area (Å²) in [4.78, 5) is 3.87. The Morgan fingerprint density at radius 2 is 2.16 bits per heavy atom. The van der Waals surface area contributed by atoms with Gasteiger partial charge in [0.15, 0.2) is 16.6 Å². The highest BCUT2D eigenvalue weighted by molar-refractivity contribution is 7.89. The Balaban J connectivity index is 1.91. The molecule has 0 saturated heterocycles. The first-order valence-corrected chi connectivity index (χ1v) is 9.30. The largest absolute Gasteiger partial charge is 0.494 e. The molecule has 9 heteroatoms. The quantitative estimate of drug-likeness (QED) is 0.802. The van der Waals surface area contributed by atoms with Gasteiger partial charge in [-0.05, 0) is 36.5 Å². The zero-order chi connectivity index (χ0) is 18.2. The number of halogens is 1. The second kappa shape index (κ2) is 6.74. The molecule has 1 unspecified atom stereocenters. The van der Waals surface area contributed by atoms with Crippen LogP contribution in [0.3, 0.4) is 0 Å². The van der Waals surface area contributed by atoms with Crippen LogP contribution in [0.15, 0.2) is 35.7 Å². The molecule has 0 radical (unpaired) electrons. The summed E-state index contributed by atoms with van der Waals surface area (Å²) in [7, 11) is -0.837. The van der Waals surface area contributed by atoms with Crippen LogP contribution in [-0.2, 0) is 17.1 Å².